The first kappa shape index (κ1) is 12.6. The largest absolute Gasteiger partial charge is 0.397 e. The smallest absolute Gasteiger partial charge is 0.138 e. The normalized spacial score (nSPS) is 10.3. The maximum atomic E-state index is 13.4. The lowest BCUT2D eigenvalue weighted by Gasteiger charge is -2.11. The van der Waals surface area contributed by atoms with Gasteiger partial charge >= 0.3 is 0 Å². The summed E-state index contributed by atoms with van der Waals surface area (Å²) in [6.07, 6.45) is 0. The third-order valence-corrected chi connectivity index (χ3v) is 3.75. The van der Waals surface area contributed by atoms with E-state index in [-0.39, 0.29) is 5.82 Å². The van der Waals surface area contributed by atoms with Gasteiger partial charge in [0.2, 0.25) is 0 Å². The SMILES string of the molecule is Nc1cc(I)c(F)cc1Nc1ccccc1Br. The predicted molar refractivity (Wildman–Crippen MR) is 81.0 cm³/mol. The van der Waals surface area contributed by atoms with Gasteiger partial charge in [0.1, 0.15) is 5.82 Å². The third kappa shape index (κ3) is 2.90. The summed E-state index contributed by atoms with van der Waals surface area (Å²) in [6, 6.07) is 10.6. The lowest BCUT2D eigenvalue weighted by Crippen LogP contribution is -1.99. The Balaban J connectivity index is 2.37. The van der Waals surface area contributed by atoms with Crippen LogP contribution in [0.3, 0.4) is 0 Å². The molecule has 0 aliphatic heterocycles. The van der Waals surface area contributed by atoms with E-state index in [2.05, 4.69) is 21.2 Å². The van der Waals surface area contributed by atoms with E-state index in [4.69, 9.17) is 5.73 Å². The van der Waals surface area contributed by atoms with Gasteiger partial charge in [-0.25, -0.2) is 4.39 Å². The highest BCUT2D eigenvalue weighted by atomic mass is 127. The molecule has 0 saturated carbocycles. The second-order valence-corrected chi connectivity index (χ2v) is 5.47. The first-order valence-electron chi connectivity index (χ1n) is 4.84. The van der Waals surface area contributed by atoms with Gasteiger partial charge in [0.15, 0.2) is 0 Å². The number of nitrogens with one attached hydrogen (secondary N) is 1. The van der Waals surface area contributed by atoms with Crippen molar-refractivity contribution in [3.05, 3.63) is 50.3 Å². The second kappa shape index (κ2) is 5.22. The van der Waals surface area contributed by atoms with Crippen LogP contribution in [0.5, 0.6) is 0 Å². The van der Waals surface area contributed by atoms with Crippen molar-refractivity contribution in [2.45, 2.75) is 0 Å². The highest BCUT2D eigenvalue weighted by Gasteiger charge is 2.07. The molecule has 5 heteroatoms. The first-order chi connectivity index (χ1) is 8.08. The molecule has 0 atom stereocenters. The van der Waals surface area contributed by atoms with Crippen molar-refractivity contribution in [3.8, 4) is 0 Å². The Labute approximate surface area is 121 Å². The van der Waals surface area contributed by atoms with Crippen LogP contribution < -0.4 is 11.1 Å². The molecule has 0 unspecified atom stereocenters. The molecule has 0 aromatic heterocycles. The maximum Gasteiger partial charge on any atom is 0.138 e. The topological polar surface area (TPSA) is 38.0 Å². The Morgan fingerprint density at radius 3 is 2.59 bits per heavy atom. The summed E-state index contributed by atoms with van der Waals surface area (Å²) in [5.74, 6) is -0.283. The van der Waals surface area contributed by atoms with Crippen molar-refractivity contribution in [2.24, 2.45) is 0 Å². The van der Waals surface area contributed by atoms with Crippen molar-refractivity contribution < 1.29 is 4.39 Å². The standard InChI is InChI=1S/C12H9BrFIN2/c13-7-3-1-2-4-11(7)17-12-5-8(14)9(15)6-10(12)16/h1-6,17H,16H2. The van der Waals surface area contributed by atoms with Crippen LogP contribution in [0.4, 0.5) is 21.5 Å². The molecule has 0 aliphatic carbocycles. The minimum Gasteiger partial charge on any atom is -0.397 e. The Morgan fingerprint density at radius 2 is 1.88 bits per heavy atom. The van der Waals surface area contributed by atoms with Gasteiger partial charge in [-0.2, -0.15) is 0 Å². The Morgan fingerprint density at radius 1 is 1.18 bits per heavy atom. The average molecular weight is 407 g/mol. The number of hydrogen-bond donors (Lipinski definition) is 2. The molecule has 0 amide bonds. The van der Waals surface area contributed by atoms with E-state index >= 15 is 0 Å². The molecule has 2 rings (SSSR count). The summed E-state index contributed by atoms with van der Waals surface area (Å²) in [5.41, 5.74) is 7.77. The van der Waals surface area contributed by atoms with Gasteiger partial charge in [-0.1, -0.05) is 12.1 Å². The summed E-state index contributed by atoms with van der Waals surface area (Å²) in [4.78, 5) is 0. The number of hydrogen-bond acceptors (Lipinski definition) is 2. The highest BCUT2D eigenvalue weighted by Crippen LogP contribution is 2.30. The quantitative estimate of drug-likeness (QED) is 0.568. The van der Waals surface area contributed by atoms with E-state index < -0.39 is 0 Å². The Bertz CT molecular complexity index is 560. The molecule has 0 radical (unpaired) electrons. The van der Waals surface area contributed by atoms with Crippen molar-refractivity contribution in [3.63, 3.8) is 0 Å². The lowest BCUT2D eigenvalue weighted by atomic mass is 10.2. The van der Waals surface area contributed by atoms with E-state index in [0.717, 1.165) is 10.2 Å². The molecule has 0 bridgehead atoms. The molecule has 2 aromatic carbocycles. The maximum absolute atomic E-state index is 13.4. The minimum absolute atomic E-state index is 0.283. The zero-order valence-electron chi connectivity index (χ0n) is 8.68. The van der Waals surface area contributed by atoms with E-state index in [1.54, 1.807) is 6.07 Å². The number of nitrogens with two attached hydrogens (primary N) is 1. The van der Waals surface area contributed by atoms with Crippen molar-refractivity contribution in [2.75, 3.05) is 11.1 Å². The second-order valence-electron chi connectivity index (χ2n) is 3.46. The van der Waals surface area contributed by atoms with Crippen LogP contribution in [0.15, 0.2) is 40.9 Å². The number of benzene rings is 2. The van der Waals surface area contributed by atoms with Gasteiger partial charge in [0.25, 0.3) is 0 Å². The number of nitrogen functional groups attached to an aromatic ring is 1. The van der Waals surface area contributed by atoms with Crippen LogP contribution in [-0.2, 0) is 0 Å². The summed E-state index contributed by atoms with van der Waals surface area (Å²) >= 11 is 5.33. The summed E-state index contributed by atoms with van der Waals surface area (Å²) in [6.45, 7) is 0. The fourth-order valence-corrected chi connectivity index (χ4v) is 2.25. The molecule has 88 valence electrons. The van der Waals surface area contributed by atoms with Gasteiger partial charge in [0.05, 0.1) is 20.6 Å². The molecular formula is C12H9BrFIN2. The predicted octanol–water partition coefficient (Wildman–Crippen LogP) is 4.52. The van der Waals surface area contributed by atoms with Crippen LogP contribution >= 0.6 is 38.5 Å². The summed E-state index contributed by atoms with van der Waals surface area (Å²) in [5, 5.41) is 3.09. The van der Waals surface area contributed by atoms with E-state index in [1.165, 1.54) is 6.07 Å². The molecule has 3 N–H and O–H groups in total. The first-order valence-corrected chi connectivity index (χ1v) is 6.71. The molecule has 2 nitrogen and oxygen atoms in total. The van der Waals surface area contributed by atoms with Gasteiger partial charge < -0.3 is 11.1 Å². The molecule has 0 aliphatic rings. The van der Waals surface area contributed by atoms with Gasteiger partial charge in [-0.3, -0.25) is 0 Å². The molecule has 0 heterocycles. The molecule has 17 heavy (non-hydrogen) atoms. The van der Waals surface area contributed by atoms with Gasteiger partial charge in [-0.15, -0.1) is 0 Å². The van der Waals surface area contributed by atoms with E-state index in [0.29, 0.717) is 14.9 Å². The van der Waals surface area contributed by atoms with Crippen molar-refractivity contribution in [1.29, 1.82) is 0 Å². The van der Waals surface area contributed by atoms with Gasteiger partial charge in [-0.05, 0) is 56.7 Å². The zero-order valence-corrected chi connectivity index (χ0v) is 12.4. The number of para-hydroxylation sites is 1. The zero-order chi connectivity index (χ0) is 12.4. The van der Waals surface area contributed by atoms with Crippen LogP contribution in [0.1, 0.15) is 0 Å². The molecular weight excluding hydrogens is 398 g/mol. The highest BCUT2D eigenvalue weighted by molar-refractivity contribution is 14.1. The van der Waals surface area contributed by atoms with Gasteiger partial charge in [0, 0.05) is 10.5 Å². The molecule has 0 saturated heterocycles. The number of rotatable bonds is 2. The Hall–Kier alpha value is -0.820. The molecule has 2 aromatic rings. The molecule has 0 fully saturated rings. The fraction of sp³-hybridized carbons (Fsp3) is 0. The van der Waals surface area contributed by atoms with Crippen LogP contribution in [0.25, 0.3) is 0 Å². The van der Waals surface area contributed by atoms with E-state index in [1.807, 2.05) is 46.9 Å². The van der Waals surface area contributed by atoms with Crippen molar-refractivity contribution in [1.82, 2.24) is 0 Å². The van der Waals surface area contributed by atoms with Crippen molar-refractivity contribution >= 4 is 55.6 Å². The lowest BCUT2D eigenvalue weighted by molar-refractivity contribution is 0.621. The summed E-state index contributed by atoms with van der Waals surface area (Å²) in [7, 11) is 0. The summed E-state index contributed by atoms with van der Waals surface area (Å²) < 4.78 is 14.9. The van der Waals surface area contributed by atoms with Crippen LogP contribution in [-0.4, -0.2) is 0 Å². The van der Waals surface area contributed by atoms with Crippen LogP contribution in [0.2, 0.25) is 0 Å². The number of halogens is 3. The Kier molecular flexibility index (Phi) is 3.88. The van der Waals surface area contributed by atoms with Crippen LogP contribution in [0, 0.1) is 9.39 Å². The fourth-order valence-electron chi connectivity index (χ4n) is 1.38. The third-order valence-electron chi connectivity index (χ3n) is 2.24. The monoisotopic (exact) mass is 406 g/mol. The number of anilines is 3. The average Bonchev–Trinajstić information content (AvgIpc) is 2.29. The minimum atomic E-state index is -0.283. The van der Waals surface area contributed by atoms with E-state index in [9.17, 15) is 4.39 Å². The molecule has 0 spiro atoms.